The van der Waals surface area contributed by atoms with E-state index in [4.69, 9.17) is 9.84 Å². The van der Waals surface area contributed by atoms with Crippen LogP contribution >= 0.6 is 0 Å². The zero-order valence-corrected chi connectivity index (χ0v) is 11.1. The minimum atomic E-state index is -0.864. The SMILES string of the molecule is CCN(CCC(=O)O)C(=O)CCC1CCCCO1. The highest BCUT2D eigenvalue weighted by molar-refractivity contribution is 5.77. The molecule has 1 heterocycles. The Kier molecular flexibility index (Phi) is 6.72. The number of carboxylic acid groups (broad SMARTS) is 1. The Morgan fingerprint density at radius 1 is 1.33 bits per heavy atom. The van der Waals surface area contributed by atoms with Crippen LogP contribution in [0.2, 0.25) is 0 Å². The number of ether oxygens (including phenoxy) is 1. The van der Waals surface area contributed by atoms with Crippen molar-refractivity contribution >= 4 is 11.9 Å². The maximum atomic E-state index is 11.9. The van der Waals surface area contributed by atoms with Crippen molar-refractivity contribution in [1.29, 1.82) is 0 Å². The molecule has 5 heteroatoms. The summed E-state index contributed by atoms with van der Waals surface area (Å²) in [4.78, 5) is 24.0. The van der Waals surface area contributed by atoms with E-state index in [0.717, 1.165) is 25.9 Å². The van der Waals surface area contributed by atoms with Gasteiger partial charge in [0.25, 0.3) is 0 Å². The molecule has 1 saturated heterocycles. The van der Waals surface area contributed by atoms with Gasteiger partial charge in [0.05, 0.1) is 12.5 Å². The van der Waals surface area contributed by atoms with Crippen LogP contribution in [0.25, 0.3) is 0 Å². The summed E-state index contributed by atoms with van der Waals surface area (Å²) < 4.78 is 5.58. The fourth-order valence-electron chi connectivity index (χ4n) is 2.17. The van der Waals surface area contributed by atoms with Crippen LogP contribution < -0.4 is 0 Å². The third kappa shape index (κ3) is 5.49. The number of hydrogen-bond donors (Lipinski definition) is 1. The van der Waals surface area contributed by atoms with Gasteiger partial charge < -0.3 is 14.7 Å². The number of carbonyl (C=O) groups is 2. The molecule has 0 aliphatic carbocycles. The summed E-state index contributed by atoms with van der Waals surface area (Å²) in [6.45, 7) is 3.54. The summed E-state index contributed by atoms with van der Waals surface area (Å²) in [5, 5.41) is 8.62. The molecule has 0 aromatic carbocycles. The number of amides is 1. The summed E-state index contributed by atoms with van der Waals surface area (Å²) in [6, 6.07) is 0. The first-order valence-corrected chi connectivity index (χ1v) is 6.74. The molecule has 0 aromatic heterocycles. The van der Waals surface area contributed by atoms with Crippen LogP contribution in [0.4, 0.5) is 0 Å². The smallest absolute Gasteiger partial charge is 0.305 e. The molecule has 1 amide bonds. The van der Waals surface area contributed by atoms with Crippen LogP contribution in [0.3, 0.4) is 0 Å². The number of carbonyl (C=O) groups excluding carboxylic acids is 1. The summed E-state index contributed by atoms with van der Waals surface area (Å²) >= 11 is 0. The van der Waals surface area contributed by atoms with E-state index in [-0.39, 0.29) is 18.4 Å². The molecular weight excluding hydrogens is 234 g/mol. The Labute approximate surface area is 108 Å². The molecular formula is C13H23NO4. The first-order valence-electron chi connectivity index (χ1n) is 6.74. The van der Waals surface area contributed by atoms with Gasteiger partial charge >= 0.3 is 5.97 Å². The van der Waals surface area contributed by atoms with E-state index in [0.29, 0.717) is 19.5 Å². The van der Waals surface area contributed by atoms with Gasteiger partial charge in [-0.05, 0) is 32.6 Å². The number of aliphatic carboxylic acids is 1. The molecule has 104 valence electrons. The summed E-state index contributed by atoms with van der Waals surface area (Å²) in [5.41, 5.74) is 0. The van der Waals surface area contributed by atoms with Gasteiger partial charge in [0.15, 0.2) is 0 Å². The van der Waals surface area contributed by atoms with E-state index in [2.05, 4.69) is 0 Å². The molecule has 1 atom stereocenters. The average molecular weight is 257 g/mol. The maximum absolute atomic E-state index is 11.9. The van der Waals surface area contributed by atoms with Crippen molar-refractivity contribution in [2.45, 2.75) is 51.6 Å². The number of rotatable bonds is 7. The summed E-state index contributed by atoms with van der Waals surface area (Å²) in [7, 11) is 0. The van der Waals surface area contributed by atoms with Crippen LogP contribution in [-0.4, -0.2) is 47.7 Å². The lowest BCUT2D eigenvalue weighted by atomic mass is 10.0. The fourth-order valence-corrected chi connectivity index (χ4v) is 2.17. The van der Waals surface area contributed by atoms with E-state index >= 15 is 0 Å². The molecule has 1 unspecified atom stereocenters. The van der Waals surface area contributed by atoms with Gasteiger partial charge in [0.1, 0.15) is 0 Å². The predicted octanol–water partition coefficient (Wildman–Crippen LogP) is 1.66. The normalized spacial score (nSPS) is 19.5. The summed E-state index contributed by atoms with van der Waals surface area (Å²) in [6.07, 6.45) is 4.76. The van der Waals surface area contributed by atoms with Gasteiger partial charge in [-0.2, -0.15) is 0 Å². The number of carboxylic acids is 1. The van der Waals surface area contributed by atoms with E-state index < -0.39 is 5.97 Å². The Morgan fingerprint density at radius 2 is 2.11 bits per heavy atom. The minimum Gasteiger partial charge on any atom is -0.481 e. The Morgan fingerprint density at radius 3 is 2.67 bits per heavy atom. The largest absolute Gasteiger partial charge is 0.481 e. The predicted molar refractivity (Wildman–Crippen MR) is 67.3 cm³/mol. The fraction of sp³-hybridized carbons (Fsp3) is 0.846. The quantitative estimate of drug-likeness (QED) is 0.753. The minimum absolute atomic E-state index is 0.0134. The van der Waals surface area contributed by atoms with Gasteiger partial charge in [-0.15, -0.1) is 0 Å². The van der Waals surface area contributed by atoms with Crippen molar-refractivity contribution < 1.29 is 19.4 Å². The zero-order valence-electron chi connectivity index (χ0n) is 11.1. The van der Waals surface area contributed by atoms with E-state index in [1.807, 2.05) is 6.92 Å². The van der Waals surface area contributed by atoms with E-state index in [1.54, 1.807) is 4.90 Å². The molecule has 0 radical (unpaired) electrons. The molecule has 1 rings (SSSR count). The first kappa shape index (κ1) is 15.0. The van der Waals surface area contributed by atoms with Gasteiger partial charge in [0.2, 0.25) is 5.91 Å². The summed E-state index contributed by atoms with van der Waals surface area (Å²) in [5.74, 6) is -0.829. The molecule has 0 saturated carbocycles. The van der Waals surface area contributed by atoms with Gasteiger partial charge in [-0.1, -0.05) is 0 Å². The molecule has 0 spiro atoms. The molecule has 1 fully saturated rings. The Hall–Kier alpha value is -1.10. The molecule has 0 aromatic rings. The second kappa shape index (κ2) is 8.08. The Balaban J connectivity index is 2.25. The molecule has 5 nitrogen and oxygen atoms in total. The van der Waals surface area contributed by atoms with E-state index in [9.17, 15) is 9.59 Å². The molecule has 1 N–H and O–H groups in total. The maximum Gasteiger partial charge on any atom is 0.305 e. The monoisotopic (exact) mass is 257 g/mol. The van der Waals surface area contributed by atoms with Crippen molar-refractivity contribution in [2.75, 3.05) is 19.7 Å². The molecule has 1 aliphatic rings. The molecule has 18 heavy (non-hydrogen) atoms. The number of nitrogens with zero attached hydrogens (tertiary/aromatic N) is 1. The van der Waals surface area contributed by atoms with E-state index in [1.165, 1.54) is 6.42 Å². The molecule has 0 bridgehead atoms. The third-order valence-electron chi connectivity index (χ3n) is 3.28. The first-order chi connectivity index (χ1) is 8.63. The van der Waals surface area contributed by atoms with Crippen LogP contribution in [-0.2, 0) is 14.3 Å². The van der Waals surface area contributed by atoms with Crippen molar-refractivity contribution in [3.63, 3.8) is 0 Å². The van der Waals surface area contributed by atoms with Crippen LogP contribution in [0.5, 0.6) is 0 Å². The van der Waals surface area contributed by atoms with Crippen LogP contribution in [0.1, 0.15) is 45.4 Å². The van der Waals surface area contributed by atoms with Crippen molar-refractivity contribution in [1.82, 2.24) is 4.90 Å². The van der Waals surface area contributed by atoms with Gasteiger partial charge in [-0.25, -0.2) is 0 Å². The topological polar surface area (TPSA) is 66.8 Å². The highest BCUT2D eigenvalue weighted by Crippen LogP contribution is 2.17. The lowest BCUT2D eigenvalue weighted by Gasteiger charge is -2.24. The molecule has 1 aliphatic heterocycles. The third-order valence-corrected chi connectivity index (χ3v) is 3.28. The van der Waals surface area contributed by atoms with Crippen molar-refractivity contribution in [3.8, 4) is 0 Å². The van der Waals surface area contributed by atoms with Crippen LogP contribution in [0, 0.1) is 0 Å². The van der Waals surface area contributed by atoms with Crippen LogP contribution in [0.15, 0.2) is 0 Å². The lowest BCUT2D eigenvalue weighted by Crippen LogP contribution is -2.33. The lowest BCUT2D eigenvalue weighted by molar-refractivity contribution is -0.138. The second-order valence-electron chi connectivity index (χ2n) is 4.64. The average Bonchev–Trinajstić information content (AvgIpc) is 2.38. The van der Waals surface area contributed by atoms with Crippen molar-refractivity contribution in [2.24, 2.45) is 0 Å². The van der Waals surface area contributed by atoms with Crippen molar-refractivity contribution in [3.05, 3.63) is 0 Å². The highest BCUT2D eigenvalue weighted by Gasteiger charge is 2.18. The Bertz CT molecular complexity index is 274. The highest BCUT2D eigenvalue weighted by atomic mass is 16.5. The van der Waals surface area contributed by atoms with Gasteiger partial charge in [0, 0.05) is 26.1 Å². The van der Waals surface area contributed by atoms with Gasteiger partial charge in [-0.3, -0.25) is 9.59 Å². The zero-order chi connectivity index (χ0) is 13.4. The standard InChI is InChI=1S/C13H23NO4/c1-2-14(9-8-13(16)17)12(15)7-6-11-5-3-4-10-18-11/h11H,2-10H2,1H3,(H,16,17). The number of hydrogen-bond acceptors (Lipinski definition) is 3. The second-order valence-corrected chi connectivity index (χ2v) is 4.64.